The Morgan fingerprint density at radius 2 is 2.17 bits per heavy atom. The Hall–Kier alpha value is -2.91. The van der Waals surface area contributed by atoms with Gasteiger partial charge in [0.25, 0.3) is 0 Å². The first kappa shape index (κ1) is 13.7. The SMILES string of the molecule is N#Cc1ccc(/C(O)=C/C2=Nc3ccccc3C3=NCCN23)s1. The molecule has 0 radical (unpaired) electrons. The molecule has 2 aromatic rings. The van der Waals surface area contributed by atoms with E-state index >= 15 is 0 Å². The van der Waals surface area contributed by atoms with Crippen LogP contribution in [0.25, 0.3) is 5.76 Å². The van der Waals surface area contributed by atoms with Gasteiger partial charge in [0, 0.05) is 18.2 Å². The molecule has 0 fully saturated rings. The Balaban J connectivity index is 1.77. The first-order valence-corrected chi connectivity index (χ1v) is 7.99. The summed E-state index contributed by atoms with van der Waals surface area (Å²) >= 11 is 1.26. The van der Waals surface area contributed by atoms with Gasteiger partial charge in [0.05, 0.1) is 17.1 Å². The van der Waals surface area contributed by atoms with Gasteiger partial charge in [0.15, 0.2) is 0 Å². The summed E-state index contributed by atoms with van der Waals surface area (Å²) in [5.74, 6) is 1.68. The van der Waals surface area contributed by atoms with Crippen molar-refractivity contribution in [2.24, 2.45) is 9.98 Å². The van der Waals surface area contributed by atoms with E-state index in [0.717, 1.165) is 30.2 Å². The van der Waals surface area contributed by atoms with Crippen LogP contribution >= 0.6 is 11.3 Å². The number of hydrogen-bond donors (Lipinski definition) is 1. The van der Waals surface area contributed by atoms with Gasteiger partial charge < -0.3 is 10.0 Å². The fourth-order valence-electron chi connectivity index (χ4n) is 2.68. The second-order valence-corrected chi connectivity index (χ2v) is 6.23. The third kappa shape index (κ3) is 2.31. The number of aliphatic imine (C=N–C) groups is 2. The van der Waals surface area contributed by atoms with Crippen molar-refractivity contribution in [2.75, 3.05) is 13.1 Å². The van der Waals surface area contributed by atoms with Gasteiger partial charge in [-0.15, -0.1) is 11.3 Å². The van der Waals surface area contributed by atoms with E-state index in [0.29, 0.717) is 15.6 Å². The summed E-state index contributed by atoms with van der Waals surface area (Å²) in [7, 11) is 0. The molecule has 0 saturated carbocycles. The van der Waals surface area contributed by atoms with Gasteiger partial charge in [-0.05, 0) is 24.3 Å². The normalized spacial score (nSPS) is 16.3. The molecule has 2 aliphatic rings. The second kappa shape index (κ2) is 5.38. The Kier molecular flexibility index (Phi) is 3.21. The molecule has 0 bridgehead atoms. The van der Waals surface area contributed by atoms with Crippen molar-refractivity contribution in [3.05, 3.63) is 57.8 Å². The zero-order valence-electron chi connectivity index (χ0n) is 12.1. The number of fused-ring (bicyclic) bond motifs is 3. The van der Waals surface area contributed by atoms with E-state index in [-0.39, 0.29) is 5.76 Å². The highest BCUT2D eigenvalue weighted by molar-refractivity contribution is 7.13. The first-order chi connectivity index (χ1) is 11.3. The lowest BCUT2D eigenvalue weighted by atomic mass is 10.1. The number of nitriles is 1. The van der Waals surface area contributed by atoms with Crippen molar-refractivity contribution in [2.45, 2.75) is 0 Å². The number of aliphatic hydroxyl groups is 1. The summed E-state index contributed by atoms with van der Waals surface area (Å²) in [6.45, 7) is 1.47. The Morgan fingerprint density at radius 1 is 1.30 bits per heavy atom. The summed E-state index contributed by atoms with van der Waals surface area (Å²) in [5, 5.41) is 19.3. The largest absolute Gasteiger partial charge is 0.506 e. The predicted octanol–water partition coefficient (Wildman–Crippen LogP) is 3.32. The molecule has 23 heavy (non-hydrogen) atoms. The molecule has 4 rings (SSSR count). The van der Waals surface area contributed by atoms with Gasteiger partial charge in [0.2, 0.25) is 0 Å². The molecule has 1 aromatic carbocycles. The Labute approximate surface area is 137 Å². The minimum Gasteiger partial charge on any atom is -0.506 e. The van der Waals surface area contributed by atoms with Crippen LogP contribution in [0.15, 0.2) is 52.5 Å². The highest BCUT2D eigenvalue weighted by atomic mass is 32.1. The van der Waals surface area contributed by atoms with Crippen LogP contribution in [0.2, 0.25) is 0 Å². The summed E-state index contributed by atoms with van der Waals surface area (Å²) in [6, 6.07) is 13.4. The van der Waals surface area contributed by atoms with Crippen LogP contribution in [0, 0.1) is 11.3 Å². The number of aliphatic hydroxyl groups excluding tert-OH is 1. The zero-order chi connectivity index (χ0) is 15.8. The maximum Gasteiger partial charge on any atom is 0.138 e. The summed E-state index contributed by atoms with van der Waals surface area (Å²) in [4.78, 5) is 12.4. The van der Waals surface area contributed by atoms with Gasteiger partial charge >= 0.3 is 0 Å². The van der Waals surface area contributed by atoms with Crippen molar-refractivity contribution in [3.8, 4) is 6.07 Å². The number of rotatable bonds is 2. The van der Waals surface area contributed by atoms with E-state index in [1.54, 1.807) is 18.2 Å². The Bertz CT molecular complexity index is 917. The van der Waals surface area contributed by atoms with Gasteiger partial charge in [-0.25, -0.2) is 4.99 Å². The van der Waals surface area contributed by atoms with E-state index < -0.39 is 0 Å². The van der Waals surface area contributed by atoms with Crippen LogP contribution in [0.3, 0.4) is 0 Å². The predicted molar refractivity (Wildman–Crippen MR) is 91.3 cm³/mol. The van der Waals surface area contributed by atoms with Crippen LogP contribution in [0.1, 0.15) is 15.3 Å². The quantitative estimate of drug-likeness (QED) is 0.863. The molecule has 0 saturated heterocycles. The molecule has 0 atom stereocenters. The summed E-state index contributed by atoms with van der Waals surface area (Å²) in [6.07, 6.45) is 1.64. The van der Waals surface area contributed by atoms with E-state index in [1.807, 2.05) is 29.2 Å². The molecule has 0 aliphatic carbocycles. The van der Waals surface area contributed by atoms with E-state index in [1.165, 1.54) is 11.3 Å². The van der Waals surface area contributed by atoms with Crippen molar-refractivity contribution in [1.82, 2.24) is 4.90 Å². The molecule has 1 aromatic heterocycles. The van der Waals surface area contributed by atoms with Crippen molar-refractivity contribution in [1.29, 1.82) is 5.26 Å². The molecule has 0 spiro atoms. The highest BCUT2D eigenvalue weighted by Crippen LogP contribution is 2.30. The van der Waals surface area contributed by atoms with Crippen LogP contribution < -0.4 is 0 Å². The molecular formula is C17H12N4OS. The number of hydrogen-bond acceptors (Lipinski definition) is 6. The van der Waals surface area contributed by atoms with Crippen LogP contribution in [0.5, 0.6) is 0 Å². The Morgan fingerprint density at radius 3 is 3.00 bits per heavy atom. The van der Waals surface area contributed by atoms with Crippen LogP contribution in [-0.4, -0.2) is 34.8 Å². The van der Waals surface area contributed by atoms with Crippen molar-refractivity contribution < 1.29 is 5.11 Å². The zero-order valence-corrected chi connectivity index (χ0v) is 12.9. The summed E-state index contributed by atoms with van der Waals surface area (Å²) < 4.78 is 0. The van der Waals surface area contributed by atoms with Gasteiger partial charge in [-0.3, -0.25) is 4.99 Å². The van der Waals surface area contributed by atoms with E-state index in [2.05, 4.69) is 16.1 Å². The fraction of sp³-hybridized carbons (Fsp3) is 0.118. The molecule has 5 nitrogen and oxygen atoms in total. The molecule has 0 unspecified atom stereocenters. The minimum atomic E-state index is 0.112. The number of para-hydroxylation sites is 1. The average Bonchev–Trinajstić information content (AvgIpc) is 3.24. The number of nitrogens with zero attached hydrogens (tertiary/aromatic N) is 4. The van der Waals surface area contributed by atoms with Gasteiger partial charge in [0.1, 0.15) is 28.4 Å². The number of thiophene rings is 1. The summed E-state index contributed by atoms with van der Waals surface area (Å²) in [5.41, 5.74) is 1.87. The molecule has 0 amide bonds. The molecule has 6 heteroatoms. The minimum absolute atomic E-state index is 0.112. The third-order valence-electron chi connectivity index (χ3n) is 3.73. The third-order valence-corrected chi connectivity index (χ3v) is 4.74. The van der Waals surface area contributed by atoms with Crippen molar-refractivity contribution >= 4 is 34.5 Å². The topological polar surface area (TPSA) is 72.0 Å². The number of benzene rings is 1. The second-order valence-electron chi connectivity index (χ2n) is 5.15. The molecule has 2 aliphatic heterocycles. The molecular weight excluding hydrogens is 308 g/mol. The van der Waals surface area contributed by atoms with Crippen molar-refractivity contribution in [3.63, 3.8) is 0 Å². The molecule has 112 valence electrons. The lowest BCUT2D eigenvalue weighted by Crippen LogP contribution is -2.36. The standard InChI is InChI=1S/C17H12N4OS/c18-10-11-5-6-15(23-11)14(22)9-16-20-13-4-2-1-3-12(13)17-19-7-8-21(16)17/h1-6,9,22H,7-8H2/b14-9-. The van der Waals surface area contributed by atoms with E-state index in [9.17, 15) is 5.11 Å². The number of amidine groups is 2. The average molecular weight is 320 g/mol. The highest BCUT2D eigenvalue weighted by Gasteiger charge is 2.28. The fourth-order valence-corrected chi connectivity index (χ4v) is 3.40. The molecule has 1 N–H and O–H groups in total. The van der Waals surface area contributed by atoms with Crippen LogP contribution in [-0.2, 0) is 0 Å². The maximum absolute atomic E-state index is 10.4. The lowest BCUT2D eigenvalue weighted by molar-refractivity contribution is 0.513. The van der Waals surface area contributed by atoms with Gasteiger partial charge in [-0.2, -0.15) is 5.26 Å². The maximum atomic E-state index is 10.4. The first-order valence-electron chi connectivity index (χ1n) is 7.17. The van der Waals surface area contributed by atoms with Gasteiger partial charge in [-0.1, -0.05) is 12.1 Å². The lowest BCUT2D eigenvalue weighted by Gasteiger charge is -2.25. The monoisotopic (exact) mass is 320 g/mol. The smallest absolute Gasteiger partial charge is 0.138 e. The molecule has 3 heterocycles. The van der Waals surface area contributed by atoms with E-state index in [4.69, 9.17) is 5.26 Å². The van der Waals surface area contributed by atoms with Crippen LogP contribution in [0.4, 0.5) is 5.69 Å².